The van der Waals surface area contributed by atoms with Gasteiger partial charge in [0.15, 0.2) is 6.04 Å². The summed E-state index contributed by atoms with van der Waals surface area (Å²) in [5.41, 5.74) is 4.06. The molecule has 8 heteroatoms. The SMILES string of the molecule is O=C(O)[C@H]1[C@@H]2CC[C@H](CN1C(=O)OCc1ccccc1)N2C(=O)N1c2ccccc2C=Cc2ccccc21. The zero-order valence-electron chi connectivity index (χ0n) is 20.6. The number of fused-ring (bicyclic) bond motifs is 4. The molecule has 3 amide bonds. The molecule has 0 aromatic heterocycles. The van der Waals surface area contributed by atoms with E-state index < -0.39 is 24.1 Å². The summed E-state index contributed by atoms with van der Waals surface area (Å²) in [6, 6.07) is 22.1. The molecule has 0 aliphatic carbocycles. The van der Waals surface area contributed by atoms with Crippen LogP contribution in [0.25, 0.3) is 12.2 Å². The number of carbonyl (C=O) groups is 3. The van der Waals surface area contributed by atoms with Crippen LogP contribution in [0.4, 0.5) is 21.0 Å². The number of urea groups is 1. The Labute approximate surface area is 220 Å². The van der Waals surface area contributed by atoms with Crippen LogP contribution >= 0.6 is 0 Å². The Bertz CT molecular complexity index is 1370. The average molecular weight is 510 g/mol. The topological polar surface area (TPSA) is 90.4 Å². The Hall–Kier alpha value is -4.59. The van der Waals surface area contributed by atoms with E-state index in [-0.39, 0.29) is 25.2 Å². The average Bonchev–Trinajstić information content (AvgIpc) is 3.13. The molecule has 3 aromatic carbocycles. The van der Waals surface area contributed by atoms with Gasteiger partial charge in [-0.15, -0.1) is 0 Å². The molecule has 8 nitrogen and oxygen atoms in total. The highest BCUT2D eigenvalue weighted by Gasteiger charge is 2.54. The number of para-hydroxylation sites is 2. The summed E-state index contributed by atoms with van der Waals surface area (Å²) in [5, 5.41) is 10.2. The number of aliphatic carboxylic acids is 1. The highest BCUT2D eigenvalue weighted by atomic mass is 16.6. The summed E-state index contributed by atoms with van der Waals surface area (Å²) < 4.78 is 5.50. The maximum absolute atomic E-state index is 14.3. The van der Waals surface area contributed by atoms with Gasteiger partial charge in [-0.25, -0.2) is 14.4 Å². The van der Waals surface area contributed by atoms with Gasteiger partial charge in [0.1, 0.15) is 6.61 Å². The van der Waals surface area contributed by atoms with Gasteiger partial charge in [-0.2, -0.15) is 0 Å². The molecule has 3 aromatic rings. The minimum atomic E-state index is -1.20. The van der Waals surface area contributed by atoms with Crippen LogP contribution in [0.1, 0.15) is 29.5 Å². The van der Waals surface area contributed by atoms with E-state index in [1.807, 2.05) is 91.0 Å². The molecule has 3 aliphatic rings. The van der Waals surface area contributed by atoms with Gasteiger partial charge < -0.3 is 14.7 Å². The van der Waals surface area contributed by atoms with Gasteiger partial charge in [0.05, 0.1) is 23.5 Å². The number of likely N-dealkylation sites (tertiary alicyclic amines) is 1. The number of carboxylic acids is 1. The van der Waals surface area contributed by atoms with Crippen molar-refractivity contribution in [3.05, 3.63) is 95.6 Å². The fourth-order valence-corrected chi connectivity index (χ4v) is 5.83. The second-order valence-corrected chi connectivity index (χ2v) is 9.75. The summed E-state index contributed by atoms with van der Waals surface area (Å²) in [5.74, 6) is -1.15. The van der Waals surface area contributed by atoms with Crippen molar-refractivity contribution in [2.45, 2.75) is 37.6 Å². The van der Waals surface area contributed by atoms with Crippen LogP contribution in [-0.2, 0) is 16.1 Å². The van der Waals surface area contributed by atoms with Crippen molar-refractivity contribution in [2.24, 2.45) is 0 Å². The van der Waals surface area contributed by atoms with E-state index >= 15 is 0 Å². The van der Waals surface area contributed by atoms with Gasteiger partial charge >= 0.3 is 18.1 Å². The molecule has 38 heavy (non-hydrogen) atoms. The van der Waals surface area contributed by atoms with Gasteiger partial charge in [-0.05, 0) is 41.7 Å². The number of rotatable bonds is 3. The Morgan fingerprint density at radius 3 is 2.05 bits per heavy atom. The monoisotopic (exact) mass is 509 g/mol. The van der Waals surface area contributed by atoms with E-state index in [0.29, 0.717) is 12.8 Å². The third kappa shape index (κ3) is 4.08. The lowest BCUT2D eigenvalue weighted by atomic mass is 10.0. The molecule has 3 aliphatic heterocycles. The van der Waals surface area contributed by atoms with Crippen molar-refractivity contribution in [1.29, 1.82) is 0 Å². The second-order valence-electron chi connectivity index (χ2n) is 9.75. The van der Waals surface area contributed by atoms with Crippen LogP contribution < -0.4 is 4.90 Å². The minimum absolute atomic E-state index is 0.0504. The number of ether oxygens (including phenoxy) is 1. The number of carbonyl (C=O) groups excluding carboxylic acids is 2. The van der Waals surface area contributed by atoms with Crippen LogP contribution in [-0.4, -0.2) is 57.7 Å². The summed E-state index contributed by atoms with van der Waals surface area (Å²) >= 11 is 0. The fourth-order valence-electron chi connectivity index (χ4n) is 5.83. The zero-order chi connectivity index (χ0) is 26.2. The van der Waals surface area contributed by atoms with Gasteiger partial charge in [0.25, 0.3) is 0 Å². The lowest BCUT2D eigenvalue weighted by molar-refractivity contribution is -0.146. The van der Waals surface area contributed by atoms with Crippen molar-refractivity contribution < 1.29 is 24.2 Å². The van der Waals surface area contributed by atoms with Crippen molar-refractivity contribution in [2.75, 3.05) is 11.4 Å². The van der Waals surface area contributed by atoms with Crippen molar-refractivity contribution in [3.8, 4) is 0 Å². The van der Waals surface area contributed by atoms with Crippen molar-refractivity contribution in [3.63, 3.8) is 0 Å². The number of hydrogen-bond acceptors (Lipinski definition) is 4. The number of piperazine rings is 1. The molecule has 3 heterocycles. The first kappa shape index (κ1) is 23.8. The molecular weight excluding hydrogens is 482 g/mol. The highest BCUT2D eigenvalue weighted by Crippen LogP contribution is 2.41. The molecule has 0 unspecified atom stereocenters. The Morgan fingerprint density at radius 1 is 0.816 bits per heavy atom. The molecule has 6 rings (SSSR count). The lowest BCUT2D eigenvalue weighted by Gasteiger charge is -2.45. The van der Waals surface area contributed by atoms with Gasteiger partial charge in [0.2, 0.25) is 0 Å². The molecule has 0 saturated carbocycles. The van der Waals surface area contributed by atoms with E-state index in [0.717, 1.165) is 28.1 Å². The molecule has 0 spiro atoms. The predicted octanol–water partition coefficient (Wildman–Crippen LogP) is 5.37. The number of carboxylic acid groups (broad SMARTS) is 1. The van der Waals surface area contributed by atoms with E-state index in [1.54, 1.807) is 9.80 Å². The Balaban J connectivity index is 1.31. The molecule has 0 radical (unpaired) electrons. The molecule has 2 fully saturated rings. The first-order valence-electron chi connectivity index (χ1n) is 12.7. The molecule has 192 valence electrons. The Kier molecular flexibility index (Phi) is 6.07. The molecule has 3 atom stereocenters. The predicted molar refractivity (Wildman–Crippen MR) is 143 cm³/mol. The fraction of sp³-hybridized carbons (Fsp3) is 0.233. The highest BCUT2D eigenvalue weighted by molar-refractivity contribution is 6.06. The number of anilines is 2. The zero-order valence-corrected chi connectivity index (χ0v) is 20.6. The summed E-state index contributed by atoms with van der Waals surface area (Å²) in [7, 11) is 0. The van der Waals surface area contributed by atoms with Crippen LogP contribution in [0.2, 0.25) is 0 Å². The lowest BCUT2D eigenvalue weighted by Crippen LogP contribution is -2.66. The smallest absolute Gasteiger partial charge is 0.410 e. The normalized spacial score (nSPS) is 21.4. The van der Waals surface area contributed by atoms with Crippen molar-refractivity contribution in [1.82, 2.24) is 9.80 Å². The summed E-state index contributed by atoms with van der Waals surface area (Å²) in [6.45, 7) is 0.150. The van der Waals surface area contributed by atoms with Crippen LogP contribution in [0.15, 0.2) is 78.9 Å². The van der Waals surface area contributed by atoms with Gasteiger partial charge in [-0.1, -0.05) is 78.9 Å². The number of amides is 3. The molecule has 1 N–H and O–H groups in total. The number of hydrogen-bond donors (Lipinski definition) is 1. The van der Waals surface area contributed by atoms with Crippen LogP contribution in [0.3, 0.4) is 0 Å². The Morgan fingerprint density at radius 2 is 1.42 bits per heavy atom. The molecular formula is C30H27N3O5. The number of benzene rings is 3. The third-order valence-corrected chi connectivity index (χ3v) is 7.56. The first-order valence-corrected chi connectivity index (χ1v) is 12.7. The van der Waals surface area contributed by atoms with Crippen LogP contribution in [0.5, 0.6) is 0 Å². The maximum Gasteiger partial charge on any atom is 0.410 e. The second kappa shape index (κ2) is 9.70. The summed E-state index contributed by atoms with van der Waals surface area (Å²) in [6.07, 6.45) is 4.39. The molecule has 2 bridgehead atoms. The number of nitrogens with zero attached hydrogens (tertiary/aromatic N) is 3. The minimum Gasteiger partial charge on any atom is -0.480 e. The van der Waals surface area contributed by atoms with Crippen molar-refractivity contribution >= 4 is 41.6 Å². The standard InChI is InChI=1S/C30H27N3O5/c34-28(35)27-26-17-16-23(18-31(27)30(37)38-19-20-8-2-1-3-9-20)32(26)29(36)33-24-12-6-4-10-21(24)14-15-22-11-5-7-13-25(22)33/h1-15,23,26-27H,16-19H2,(H,34,35)/t23-,26+,27-/m1/s1. The first-order chi connectivity index (χ1) is 18.5. The molecule has 2 saturated heterocycles. The summed E-state index contributed by atoms with van der Waals surface area (Å²) in [4.78, 5) is 44.6. The van der Waals surface area contributed by atoms with Crippen LogP contribution in [0, 0.1) is 0 Å². The third-order valence-electron chi connectivity index (χ3n) is 7.56. The van der Waals surface area contributed by atoms with E-state index in [1.165, 1.54) is 4.90 Å². The van der Waals surface area contributed by atoms with Gasteiger partial charge in [0, 0.05) is 6.54 Å². The van der Waals surface area contributed by atoms with E-state index in [9.17, 15) is 19.5 Å². The van der Waals surface area contributed by atoms with Gasteiger partial charge in [-0.3, -0.25) is 9.80 Å². The van der Waals surface area contributed by atoms with E-state index in [2.05, 4.69) is 0 Å². The maximum atomic E-state index is 14.3. The quantitative estimate of drug-likeness (QED) is 0.513. The largest absolute Gasteiger partial charge is 0.480 e. The van der Waals surface area contributed by atoms with E-state index in [4.69, 9.17) is 4.74 Å².